The molecule has 0 radical (unpaired) electrons. The van der Waals surface area contributed by atoms with Gasteiger partial charge in [-0.2, -0.15) is 0 Å². The number of benzene rings is 1. The quantitative estimate of drug-likeness (QED) is 0.827. The summed E-state index contributed by atoms with van der Waals surface area (Å²) < 4.78 is 5.33. The standard InChI is InChI=1S/C11H17ClN2O/c1-3-15-10-5-4-8(6-9(10)12)11(2,14)7-13/h4-6H,3,7,13-14H2,1-2H3. The van der Waals surface area contributed by atoms with Crippen LogP contribution in [-0.2, 0) is 5.54 Å². The molecule has 0 fully saturated rings. The van der Waals surface area contributed by atoms with Crippen molar-refractivity contribution in [3.05, 3.63) is 28.8 Å². The van der Waals surface area contributed by atoms with Crippen molar-refractivity contribution in [1.29, 1.82) is 0 Å². The van der Waals surface area contributed by atoms with Gasteiger partial charge in [0.2, 0.25) is 0 Å². The second kappa shape index (κ2) is 4.84. The Balaban J connectivity index is 3.01. The smallest absolute Gasteiger partial charge is 0.137 e. The first kappa shape index (κ1) is 12.3. The largest absolute Gasteiger partial charge is 0.492 e. The topological polar surface area (TPSA) is 61.3 Å². The lowest BCUT2D eigenvalue weighted by Gasteiger charge is -2.23. The van der Waals surface area contributed by atoms with Crippen LogP contribution >= 0.6 is 11.6 Å². The molecular formula is C11H17ClN2O. The predicted octanol–water partition coefficient (Wildman–Crippen LogP) is 1.87. The van der Waals surface area contributed by atoms with Crippen LogP contribution in [0.3, 0.4) is 0 Å². The molecule has 1 aromatic rings. The van der Waals surface area contributed by atoms with Gasteiger partial charge in [0.15, 0.2) is 0 Å². The van der Waals surface area contributed by atoms with Crippen molar-refractivity contribution < 1.29 is 4.74 Å². The first-order valence-electron chi connectivity index (χ1n) is 4.93. The van der Waals surface area contributed by atoms with Gasteiger partial charge in [0.05, 0.1) is 17.2 Å². The van der Waals surface area contributed by atoms with Crippen LogP contribution in [0, 0.1) is 0 Å². The van der Waals surface area contributed by atoms with E-state index in [1.54, 1.807) is 6.07 Å². The average Bonchev–Trinajstić information content (AvgIpc) is 2.21. The van der Waals surface area contributed by atoms with Crippen molar-refractivity contribution in [3.8, 4) is 5.75 Å². The Labute approximate surface area is 95.4 Å². The molecular weight excluding hydrogens is 212 g/mol. The summed E-state index contributed by atoms with van der Waals surface area (Å²) in [7, 11) is 0. The summed E-state index contributed by atoms with van der Waals surface area (Å²) in [5, 5.41) is 0.569. The van der Waals surface area contributed by atoms with Gasteiger partial charge in [0.1, 0.15) is 5.75 Å². The molecule has 0 spiro atoms. The zero-order valence-corrected chi connectivity index (χ0v) is 9.84. The van der Waals surface area contributed by atoms with Crippen molar-refractivity contribution in [2.45, 2.75) is 19.4 Å². The van der Waals surface area contributed by atoms with Crippen molar-refractivity contribution in [3.63, 3.8) is 0 Å². The molecule has 1 unspecified atom stereocenters. The summed E-state index contributed by atoms with van der Waals surface area (Å²) in [6.45, 7) is 4.75. The fourth-order valence-corrected chi connectivity index (χ4v) is 1.48. The molecule has 4 N–H and O–H groups in total. The van der Waals surface area contributed by atoms with Gasteiger partial charge < -0.3 is 16.2 Å². The Hall–Kier alpha value is -0.770. The molecule has 0 saturated carbocycles. The lowest BCUT2D eigenvalue weighted by atomic mass is 9.93. The third-order valence-corrected chi connectivity index (χ3v) is 2.61. The number of ether oxygens (including phenoxy) is 1. The van der Waals surface area contributed by atoms with Gasteiger partial charge >= 0.3 is 0 Å². The number of hydrogen-bond donors (Lipinski definition) is 2. The maximum Gasteiger partial charge on any atom is 0.137 e. The predicted molar refractivity (Wildman–Crippen MR) is 63.2 cm³/mol. The Morgan fingerprint density at radius 3 is 2.60 bits per heavy atom. The van der Waals surface area contributed by atoms with Crippen LogP contribution in [0.15, 0.2) is 18.2 Å². The minimum Gasteiger partial charge on any atom is -0.492 e. The maximum atomic E-state index is 6.05. The van der Waals surface area contributed by atoms with Crippen LogP contribution < -0.4 is 16.2 Å². The molecule has 1 rings (SSSR count). The highest BCUT2D eigenvalue weighted by atomic mass is 35.5. The van der Waals surface area contributed by atoms with Gasteiger partial charge in [0, 0.05) is 6.54 Å². The van der Waals surface area contributed by atoms with Gasteiger partial charge in [-0.1, -0.05) is 17.7 Å². The summed E-state index contributed by atoms with van der Waals surface area (Å²) in [6, 6.07) is 5.52. The van der Waals surface area contributed by atoms with Gasteiger partial charge in [-0.15, -0.1) is 0 Å². The van der Waals surface area contributed by atoms with E-state index in [-0.39, 0.29) is 0 Å². The fraction of sp³-hybridized carbons (Fsp3) is 0.455. The van der Waals surface area contributed by atoms with Crippen LogP contribution in [0.1, 0.15) is 19.4 Å². The van der Waals surface area contributed by atoms with Gasteiger partial charge in [-0.3, -0.25) is 0 Å². The SMILES string of the molecule is CCOc1ccc(C(C)(N)CN)cc1Cl. The molecule has 15 heavy (non-hydrogen) atoms. The maximum absolute atomic E-state index is 6.05. The van der Waals surface area contributed by atoms with E-state index in [0.29, 0.717) is 23.9 Å². The molecule has 0 aromatic heterocycles. The van der Waals surface area contributed by atoms with Gasteiger partial charge in [-0.05, 0) is 31.5 Å². The first-order chi connectivity index (χ1) is 7.01. The highest BCUT2D eigenvalue weighted by Crippen LogP contribution is 2.28. The molecule has 0 aliphatic rings. The van der Waals surface area contributed by atoms with E-state index >= 15 is 0 Å². The number of rotatable bonds is 4. The molecule has 1 aromatic carbocycles. The van der Waals surface area contributed by atoms with Crippen molar-refractivity contribution in [2.24, 2.45) is 11.5 Å². The second-order valence-electron chi connectivity index (χ2n) is 3.70. The lowest BCUT2D eigenvalue weighted by Crippen LogP contribution is -2.40. The highest BCUT2D eigenvalue weighted by molar-refractivity contribution is 6.32. The Morgan fingerprint density at radius 2 is 2.13 bits per heavy atom. The molecule has 0 saturated heterocycles. The zero-order chi connectivity index (χ0) is 11.5. The summed E-state index contributed by atoms with van der Waals surface area (Å²) in [5.41, 5.74) is 12.0. The zero-order valence-electron chi connectivity index (χ0n) is 9.09. The summed E-state index contributed by atoms with van der Waals surface area (Å²) >= 11 is 6.05. The second-order valence-corrected chi connectivity index (χ2v) is 4.11. The molecule has 0 aliphatic heterocycles. The highest BCUT2D eigenvalue weighted by Gasteiger charge is 2.20. The minimum atomic E-state index is -0.547. The lowest BCUT2D eigenvalue weighted by molar-refractivity contribution is 0.340. The molecule has 1 atom stereocenters. The van der Waals surface area contributed by atoms with Crippen molar-refractivity contribution in [2.75, 3.05) is 13.2 Å². The first-order valence-corrected chi connectivity index (χ1v) is 5.31. The number of halogens is 1. The molecule has 0 amide bonds. The molecule has 0 aliphatic carbocycles. The van der Waals surface area contributed by atoms with E-state index in [1.807, 2.05) is 26.0 Å². The molecule has 0 heterocycles. The van der Waals surface area contributed by atoms with Crippen LogP contribution in [0.2, 0.25) is 5.02 Å². The van der Waals surface area contributed by atoms with E-state index in [2.05, 4.69) is 0 Å². The number of hydrogen-bond acceptors (Lipinski definition) is 3. The summed E-state index contributed by atoms with van der Waals surface area (Å²) in [6.07, 6.45) is 0. The fourth-order valence-electron chi connectivity index (χ4n) is 1.25. The van der Waals surface area contributed by atoms with Gasteiger partial charge in [-0.25, -0.2) is 0 Å². The minimum absolute atomic E-state index is 0.372. The van der Waals surface area contributed by atoms with E-state index in [0.717, 1.165) is 5.56 Å². The van der Waals surface area contributed by atoms with E-state index in [4.69, 9.17) is 27.8 Å². The normalized spacial score (nSPS) is 14.7. The molecule has 84 valence electrons. The Kier molecular flexibility index (Phi) is 3.97. The monoisotopic (exact) mass is 228 g/mol. The molecule has 3 nitrogen and oxygen atoms in total. The van der Waals surface area contributed by atoms with Crippen LogP contribution in [-0.4, -0.2) is 13.2 Å². The van der Waals surface area contributed by atoms with Gasteiger partial charge in [0.25, 0.3) is 0 Å². The Morgan fingerprint density at radius 1 is 1.47 bits per heavy atom. The number of nitrogens with two attached hydrogens (primary N) is 2. The third kappa shape index (κ3) is 2.84. The summed E-state index contributed by atoms with van der Waals surface area (Å²) in [5.74, 6) is 0.677. The van der Waals surface area contributed by atoms with E-state index in [9.17, 15) is 0 Å². The van der Waals surface area contributed by atoms with Crippen molar-refractivity contribution in [1.82, 2.24) is 0 Å². The summed E-state index contributed by atoms with van der Waals surface area (Å²) in [4.78, 5) is 0. The van der Waals surface area contributed by atoms with E-state index in [1.165, 1.54) is 0 Å². The van der Waals surface area contributed by atoms with Crippen molar-refractivity contribution >= 4 is 11.6 Å². The average molecular weight is 229 g/mol. The van der Waals surface area contributed by atoms with Crippen LogP contribution in [0.5, 0.6) is 5.75 Å². The van der Waals surface area contributed by atoms with Crippen LogP contribution in [0.4, 0.5) is 0 Å². The van der Waals surface area contributed by atoms with Crippen LogP contribution in [0.25, 0.3) is 0 Å². The third-order valence-electron chi connectivity index (χ3n) is 2.32. The van der Waals surface area contributed by atoms with E-state index < -0.39 is 5.54 Å². The molecule has 0 bridgehead atoms. The molecule has 4 heteroatoms. The Bertz CT molecular complexity index is 339.